The maximum atomic E-state index is 15.0. The molecule has 3 aliphatic heterocycles. The molecule has 3 aliphatic rings. The van der Waals surface area contributed by atoms with Gasteiger partial charge in [-0.15, -0.1) is 0 Å². The van der Waals surface area contributed by atoms with Gasteiger partial charge >= 0.3 is 0 Å². The minimum absolute atomic E-state index is 0.119. The molecule has 10 nitrogen and oxygen atoms in total. The molecule has 0 aromatic heterocycles. The van der Waals surface area contributed by atoms with Crippen molar-refractivity contribution in [2.45, 2.75) is 35.7 Å². The number of rotatable bonds is 8. The van der Waals surface area contributed by atoms with E-state index in [2.05, 4.69) is 4.90 Å². The smallest absolute Gasteiger partial charge is 0.266 e. The molecule has 2 bridgehead atoms. The highest BCUT2D eigenvalue weighted by molar-refractivity contribution is 7.82. The molecule has 216 valence electrons. The third-order valence-electron chi connectivity index (χ3n) is 7.54. The number of hydrogen-bond donors (Lipinski definition) is 2. The fraction of sp³-hybridized carbons (Fsp3) is 0.462. The number of amides is 2. The summed E-state index contributed by atoms with van der Waals surface area (Å²) in [5.41, 5.74) is 0.104. The van der Waals surface area contributed by atoms with E-state index >= 15 is 8.78 Å². The highest BCUT2D eigenvalue weighted by atomic mass is 35.5. The molecule has 0 saturated carbocycles. The first-order valence-electron chi connectivity index (χ1n) is 12.9. The molecular weight excluding hydrogens is 570 g/mol. The van der Waals surface area contributed by atoms with Crippen LogP contribution in [0.5, 0.6) is 11.5 Å². The lowest BCUT2D eigenvalue weighted by Gasteiger charge is -2.46. The number of carbonyl (C=O) groups excluding carboxylic acids is 2. The van der Waals surface area contributed by atoms with Gasteiger partial charge in [0, 0.05) is 50.2 Å². The molecule has 2 aromatic carbocycles. The van der Waals surface area contributed by atoms with Crippen LogP contribution in [0.1, 0.15) is 19.3 Å². The summed E-state index contributed by atoms with van der Waals surface area (Å²) >= 11 is 5.84. The largest absolute Gasteiger partial charge is 0.451 e. The van der Waals surface area contributed by atoms with Crippen LogP contribution in [0.2, 0.25) is 5.02 Å². The number of hydrogen-bond acceptors (Lipinski definition) is 7. The zero-order valence-electron chi connectivity index (χ0n) is 21.5. The van der Waals surface area contributed by atoms with Crippen molar-refractivity contribution in [3.8, 4) is 11.5 Å². The minimum atomic E-state index is -2.19. The first kappa shape index (κ1) is 28.8. The molecule has 0 spiro atoms. The molecule has 3 fully saturated rings. The number of benzene rings is 2. The van der Waals surface area contributed by atoms with Crippen molar-refractivity contribution in [3.63, 3.8) is 0 Å². The van der Waals surface area contributed by atoms with Crippen molar-refractivity contribution in [1.82, 2.24) is 19.6 Å². The highest BCUT2D eigenvalue weighted by Crippen LogP contribution is 2.43. The summed E-state index contributed by atoms with van der Waals surface area (Å²) in [6.07, 6.45) is 0.832. The second kappa shape index (κ2) is 12.0. The Morgan fingerprint density at radius 1 is 1.18 bits per heavy atom. The van der Waals surface area contributed by atoms with Crippen LogP contribution in [0.15, 0.2) is 41.3 Å². The minimum Gasteiger partial charge on any atom is -0.451 e. The monoisotopic (exact) mass is 598 g/mol. The normalized spacial score (nSPS) is 24.1. The van der Waals surface area contributed by atoms with Crippen LogP contribution in [0.25, 0.3) is 0 Å². The fourth-order valence-electron chi connectivity index (χ4n) is 5.51. The summed E-state index contributed by atoms with van der Waals surface area (Å²) in [6.45, 7) is 3.29. The molecule has 14 heteroatoms. The van der Waals surface area contributed by atoms with Gasteiger partial charge in [0.2, 0.25) is 5.91 Å². The van der Waals surface area contributed by atoms with E-state index in [9.17, 15) is 19.0 Å². The van der Waals surface area contributed by atoms with Crippen LogP contribution < -0.4 is 10.2 Å². The van der Waals surface area contributed by atoms with Gasteiger partial charge in [-0.2, -0.15) is 4.31 Å². The van der Waals surface area contributed by atoms with E-state index in [1.165, 1.54) is 28.6 Å². The topological polar surface area (TPSA) is 112 Å². The predicted molar refractivity (Wildman–Crippen MR) is 140 cm³/mol. The molecule has 40 heavy (non-hydrogen) atoms. The summed E-state index contributed by atoms with van der Waals surface area (Å²) in [5, 5.41) is 9.98. The van der Waals surface area contributed by atoms with Gasteiger partial charge in [-0.05, 0) is 49.2 Å². The van der Waals surface area contributed by atoms with E-state index in [1.54, 1.807) is 10.4 Å². The molecule has 2 N–H and O–H groups in total. The van der Waals surface area contributed by atoms with Crippen molar-refractivity contribution >= 4 is 34.4 Å². The molecule has 2 aromatic rings. The number of nitrogens with zero attached hydrogens (tertiary/aromatic N) is 3. The second-order valence-electron chi connectivity index (χ2n) is 9.99. The highest BCUT2D eigenvalue weighted by Gasteiger charge is 2.59. The van der Waals surface area contributed by atoms with E-state index in [4.69, 9.17) is 21.1 Å². The quantitative estimate of drug-likeness (QED) is 0.355. The van der Waals surface area contributed by atoms with E-state index in [0.717, 1.165) is 25.2 Å². The Kier molecular flexibility index (Phi) is 8.69. The number of morpholine rings is 1. The summed E-state index contributed by atoms with van der Waals surface area (Å²) in [5.74, 6) is -3.68. The Hall–Kier alpha value is -2.68. The van der Waals surface area contributed by atoms with Crippen molar-refractivity contribution < 1.29 is 37.3 Å². The van der Waals surface area contributed by atoms with Gasteiger partial charge in [-0.1, -0.05) is 11.6 Å². The van der Waals surface area contributed by atoms with Crippen LogP contribution in [0.3, 0.4) is 0 Å². The summed E-state index contributed by atoms with van der Waals surface area (Å²) in [4.78, 5) is 29.6. The number of ether oxygens (including phenoxy) is 2. The van der Waals surface area contributed by atoms with E-state index in [-0.39, 0.29) is 42.5 Å². The van der Waals surface area contributed by atoms with Gasteiger partial charge in [-0.3, -0.25) is 19.7 Å². The summed E-state index contributed by atoms with van der Waals surface area (Å²) in [7, 11) is -2.19. The fourth-order valence-corrected chi connectivity index (χ4v) is 7.26. The Balaban J connectivity index is 1.35. The summed E-state index contributed by atoms with van der Waals surface area (Å²) in [6, 6.07) is 7.17. The third kappa shape index (κ3) is 5.71. The number of carbonyl (C=O) groups is 2. The van der Waals surface area contributed by atoms with Crippen molar-refractivity contribution in [2.24, 2.45) is 0 Å². The zero-order valence-corrected chi connectivity index (χ0v) is 23.1. The van der Waals surface area contributed by atoms with Gasteiger partial charge in [0.05, 0.1) is 18.1 Å². The number of halogens is 3. The van der Waals surface area contributed by atoms with Gasteiger partial charge in [0.25, 0.3) is 5.91 Å². The SMILES string of the molecule is O=C(CCN1CCOCC1)N1CC2CCC(C(=O)NO)(C1)N2S(=O)c1cc(F)c(Oc2ccc(Cl)cc2)c(F)c1. The van der Waals surface area contributed by atoms with E-state index in [1.807, 2.05) is 0 Å². The molecule has 0 radical (unpaired) electrons. The predicted octanol–water partition coefficient (Wildman–Crippen LogP) is 2.71. The van der Waals surface area contributed by atoms with Crippen molar-refractivity contribution in [3.05, 3.63) is 53.1 Å². The lowest BCUT2D eigenvalue weighted by molar-refractivity contribution is -0.146. The average molecular weight is 599 g/mol. The molecule has 3 unspecified atom stereocenters. The molecular formula is C26H29ClF2N4O6S. The van der Waals surface area contributed by atoms with Crippen LogP contribution in [0, 0.1) is 11.6 Å². The average Bonchev–Trinajstić information content (AvgIpc) is 3.20. The lowest BCUT2D eigenvalue weighted by Crippen LogP contribution is -2.68. The van der Waals surface area contributed by atoms with Crippen LogP contribution >= 0.6 is 11.6 Å². The molecule has 2 amide bonds. The molecule has 5 rings (SSSR count). The van der Waals surface area contributed by atoms with Gasteiger partial charge in [-0.25, -0.2) is 18.5 Å². The van der Waals surface area contributed by atoms with E-state index in [0.29, 0.717) is 31.2 Å². The summed E-state index contributed by atoms with van der Waals surface area (Å²) < 4.78 is 55.8. The van der Waals surface area contributed by atoms with Gasteiger partial charge < -0.3 is 14.4 Å². The number of likely N-dealkylation sites (tertiary alicyclic amines) is 1. The maximum Gasteiger partial charge on any atom is 0.266 e. The molecule has 3 atom stereocenters. The molecule has 0 aliphatic carbocycles. The molecule has 3 saturated heterocycles. The molecule has 3 heterocycles. The van der Waals surface area contributed by atoms with E-state index < -0.39 is 45.9 Å². The maximum absolute atomic E-state index is 15.0. The van der Waals surface area contributed by atoms with Gasteiger partial charge in [0.1, 0.15) is 22.3 Å². The van der Waals surface area contributed by atoms with Crippen LogP contribution in [-0.4, -0.2) is 92.9 Å². The lowest BCUT2D eigenvalue weighted by atomic mass is 9.95. The van der Waals surface area contributed by atoms with Crippen LogP contribution in [-0.2, 0) is 25.3 Å². The number of fused-ring (bicyclic) bond motifs is 2. The Morgan fingerprint density at radius 3 is 2.50 bits per heavy atom. The third-order valence-corrected chi connectivity index (χ3v) is 9.43. The standard InChI is InChI=1S/C26H29ClF2N4O6S/c27-17-1-3-19(4-2-17)39-24-21(28)13-20(14-22(24)29)40(37)33-18-5-7-26(33,25(35)30-36)16-32(15-18)23(34)6-8-31-9-11-38-12-10-31/h1-4,13-14,18,36H,5-12,15-16H2,(H,30,35). The number of nitrogens with one attached hydrogen (secondary N) is 1. The van der Waals surface area contributed by atoms with Crippen molar-refractivity contribution in [2.75, 3.05) is 45.9 Å². The Morgan fingerprint density at radius 2 is 1.85 bits per heavy atom. The van der Waals surface area contributed by atoms with Gasteiger partial charge in [0.15, 0.2) is 17.4 Å². The number of piperazine rings is 1. The Bertz CT molecular complexity index is 1280. The second-order valence-corrected chi connectivity index (χ2v) is 11.8. The number of hydroxylamine groups is 1. The first-order valence-corrected chi connectivity index (χ1v) is 14.4. The zero-order chi connectivity index (χ0) is 28.4. The van der Waals surface area contributed by atoms with Crippen molar-refractivity contribution in [1.29, 1.82) is 0 Å². The van der Waals surface area contributed by atoms with Crippen LogP contribution in [0.4, 0.5) is 8.78 Å². The Labute approximate surface area is 237 Å². The first-order chi connectivity index (χ1) is 19.2.